The zero-order valence-electron chi connectivity index (χ0n) is 12.1. The fourth-order valence-corrected chi connectivity index (χ4v) is 4.58. The van der Waals surface area contributed by atoms with Gasteiger partial charge in [-0.05, 0) is 77.6 Å². The van der Waals surface area contributed by atoms with E-state index < -0.39 is 11.9 Å². The summed E-state index contributed by atoms with van der Waals surface area (Å²) in [5.74, 6) is -1.09. The molecule has 0 bridgehead atoms. The molecule has 1 heterocycles. The summed E-state index contributed by atoms with van der Waals surface area (Å²) in [5, 5.41) is 1.07. The maximum absolute atomic E-state index is 12.2. The predicted molar refractivity (Wildman–Crippen MR) is 101 cm³/mol. The van der Waals surface area contributed by atoms with Gasteiger partial charge in [0.05, 0.1) is 13.2 Å². The Hall–Kier alpha value is -0.380. The number of carbonyl (C=O) groups is 2. The molecule has 1 aromatic heterocycles. The number of H-pyrrole nitrogens is 1. The smallest absolute Gasteiger partial charge is 0.355 e. The number of aromatic nitrogens is 1. The van der Waals surface area contributed by atoms with Gasteiger partial charge in [0.25, 0.3) is 0 Å². The molecule has 0 fully saturated rings. The van der Waals surface area contributed by atoms with Crippen LogP contribution in [0.1, 0.15) is 34.8 Å². The lowest BCUT2D eigenvalue weighted by Crippen LogP contribution is -2.08. The van der Waals surface area contributed by atoms with Gasteiger partial charge in [-0.15, -0.1) is 0 Å². The Morgan fingerprint density at radius 2 is 1.13 bits per heavy atom. The average molecular weight is 577 g/mol. The summed E-state index contributed by atoms with van der Waals surface area (Å²) in [7, 11) is 0. The summed E-state index contributed by atoms with van der Waals surface area (Å²) >= 11 is 13.8. The number of ether oxygens (including phenoxy) is 2. The molecule has 0 unspecified atom stereocenters. The first-order valence-electron chi connectivity index (χ1n) is 6.56. The molecule has 124 valence electrons. The third kappa shape index (κ3) is 3.38. The molecule has 0 saturated heterocycles. The van der Waals surface area contributed by atoms with E-state index >= 15 is 0 Å². The summed E-state index contributed by atoms with van der Waals surface area (Å²) in [4.78, 5) is 27.3. The largest absolute Gasteiger partial charge is 0.461 e. The number of aromatic amines is 1. The van der Waals surface area contributed by atoms with Crippen molar-refractivity contribution in [3.63, 3.8) is 0 Å². The Bertz CT molecular complexity index is 736. The number of esters is 2. The second-order valence-corrected chi connectivity index (χ2v) is 7.49. The van der Waals surface area contributed by atoms with Crippen molar-refractivity contribution in [1.29, 1.82) is 0 Å². The first kappa shape index (κ1) is 19.0. The first-order chi connectivity index (χ1) is 10.8. The van der Waals surface area contributed by atoms with Crippen LogP contribution < -0.4 is 0 Å². The predicted octanol–water partition coefficient (Wildman–Crippen LogP) is 5.57. The minimum Gasteiger partial charge on any atom is -0.461 e. The Balaban J connectivity index is 2.88. The Kier molecular flexibility index (Phi) is 6.32. The van der Waals surface area contributed by atoms with Crippen LogP contribution in [0.2, 0.25) is 0 Å². The SMILES string of the molecule is CCOC(=O)c1[nH]c(C(=O)OCC)c2c(Br)c(Br)c(Br)c(Br)c12. The molecule has 9 heteroatoms. The summed E-state index contributed by atoms with van der Waals surface area (Å²) in [6.07, 6.45) is 0. The third-order valence-corrected chi connectivity index (χ3v) is 7.74. The van der Waals surface area contributed by atoms with Gasteiger partial charge in [-0.3, -0.25) is 0 Å². The lowest BCUT2D eigenvalue weighted by molar-refractivity contribution is 0.0518. The zero-order chi connectivity index (χ0) is 17.3. The molecule has 1 aromatic carbocycles. The van der Waals surface area contributed by atoms with Gasteiger partial charge >= 0.3 is 11.9 Å². The van der Waals surface area contributed by atoms with Crippen LogP contribution in [0.25, 0.3) is 10.8 Å². The summed E-state index contributed by atoms with van der Waals surface area (Å²) in [6.45, 7) is 3.88. The van der Waals surface area contributed by atoms with Crippen molar-refractivity contribution in [2.75, 3.05) is 13.2 Å². The van der Waals surface area contributed by atoms with E-state index in [9.17, 15) is 9.59 Å². The van der Waals surface area contributed by atoms with Crippen LogP contribution in [0.5, 0.6) is 0 Å². The second-order valence-electron chi connectivity index (χ2n) is 4.32. The monoisotopic (exact) mass is 573 g/mol. The van der Waals surface area contributed by atoms with Crippen LogP contribution in [-0.4, -0.2) is 30.1 Å². The van der Waals surface area contributed by atoms with E-state index in [1.165, 1.54) is 0 Å². The summed E-state index contributed by atoms with van der Waals surface area (Å²) in [6, 6.07) is 0. The van der Waals surface area contributed by atoms with Crippen molar-refractivity contribution in [2.24, 2.45) is 0 Å². The fraction of sp³-hybridized carbons (Fsp3) is 0.286. The molecule has 2 aromatic rings. The van der Waals surface area contributed by atoms with Crippen molar-refractivity contribution in [3.8, 4) is 0 Å². The van der Waals surface area contributed by atoms with Crippen molar-refractivity contribution in [3.05, 3.63) is 29.3 Å². The highest BCUT2D eigenvalue weighted by atomic mass is 79.9. The van der Waals surface area contributed by atoms with Gasteiger partial charge in [0.1, 0.15) is 11.4 Å². The van der Waals surface area contributed by atoms with Gasteiger partial charge in [-0.2, -0.15) is 0 Å². The number of halogens is 4. The zero-order valence-corrected chi connectivity index (χ0v) is 18.4. The van der Waals surface area contributed by atoms with Crippen molar-refractivity contribution in [2.45, 2.75) is 13.8 Å². The quantitative estimate of drug-likeness (QED) is 0.294. The third-order valence-electron chi connectivity index (χ3n) is 2.98. The second kappa shape index (κ2) is 7.67. The number of hydrogen-bond donors (Lipinski definition) is 1. The average Bonchev–Trinajstić information content (AvgIpc) is 2.92. The molecule has 0 spiro atoms. The highest BCUT2D eigenvalue weighted by Gasteiger charge is 2.28. The van der Waals surface area contributed by atoms with Gasteiger partial charge in [0, 0.05) is 28.7 Å². The number of rotatable bonds is 4. The molecule has 2 rings (SSSR count). The minimum absolute atomic E-state index is 0.186. The minimum atomic E-state index is -0.546. The number of nitrogens with one attached hydrogen (secondary N) is 1. The number of hydrogen-bond acceptors (Lipinski definition) is 4. The highest BCUT2D eigenvalue weighted by Crippen LogP contribution is 2.46. The molecular formula is C14H11Br4NO4. The molecule has 0 aliphatic heterocycles. The standard InChI is InChI=1S/C14H11Br4NO4/c1-3-22-13(20)11-5-6(12(19-11)14(21)23-4-2)8(16)10(18)9(17)7(5)15/h19H,3-4H2,1-2H3. The number of benzene rings is 1. The summed E-state index contributed by atoms with van der Waals surface area (Å²) in [5.41, 5.74) is 0.372. The van der Waals surface area contributed by atoms with Gasteiger partial charge < -0.3 is 14.5 Å². The fourth-order valence-electron chi connectivity index (χ4n) is 2.06. The van der Waals surface area contributed by atoms with Crippen LogP contribution in [-0.2, 0) is 9.47 Å². The van der Waals surface area contributed by atoms with Gasteiger partial charge in [-0.1, -0.05) is 0 Å². The molecule has 1 N–H and O–H groups in total. The van der Waals surface area contributed by atoms with Gasteiger partial charge in [-0.25, -0.2) is 9.59 Å². The number of carbonyl (C=O) groups excluding carboxylic acids is 2. The van der Waals surface area contributed by atoms with E-state index in [0.29, 0.717) is 28.7 Å². The van der Waals surface area contributed by atoms with Crippen molar-refractivity contribution >= 4 is 86.4 Å². The van der Waals surface area contributed by atoms with Gasteiger partial charge in [0.2, 0.25) is 0 Å². The molecule has 0 aliphatic rings. The molecule has 5 nitrogen and oxygen atoms in total. The lowest BCUT2D eigenvalue weighted by atomic mass is 10.1. The van der Waals surface area contributed by atoms with Crippen molar-refractivity contribution in [1.82, 2.24) is 4.98 Å². The van der Waals surface area contributed by atoms with E-state index in [1.807, 2.05) is 0 Å². The maximum Gasteiger partial charge on any atom is 0.355 e. The van der Waals surface area contributed by atoms with Crippen LogP contribution in [0.4, 0.5) is 0 Å². The molecule has 23 heavy (non-hydrogen) atoms. The van der Waals surface area contributed by atoms with Crippen LogP contribution >= 0.6 is 63.7 Å². The number of fused-ring (bicyclic) bond motifs is 1. The van der Waals surface area contributed by atoms with E-state index in [0.717, 1.165) is 0 Å². The molecule has 0 saturated carbocycles. The summed E-state index contributed by atoms with van der Waals surface area (Å²) < 4.78 is 12.8. The lowest BCUT2D eigenvalue weighted by Gasteiger charge is -2.08. The van der Waals surface area contributed by atoms with E-state index in [2.05, 4.69) is 68.7 Å². The maximum atomic E-state index is 12.2. The Morgan fingerprint density at radius 1 is 0.783 bits per heavy atom. The van der Waals surface area contributed by atoms with E-state index in [-0.39, 0.29) is 24.6 Å². The molecule has 0 atom stereocenters. The van der Waals surface area contributed by atoms with Crippen LogP contribution in [0, 0.1) is 0 Å². The van der Waals surface area contributed by atoms with Crippen molar-refractivity contribution < 1.29 is 19.1 Å². The molecule has 0 aliphatic carbocycles. The van der Waals surface area contributed by atoms with Crippen LogP contribution in [0.15, 0.2) is 17.9 Å². The molecular weight excluding hydrogens is 566 g/mol. The van der Waals surface area contributed by atoms with Gasteiger partial charge in [0.15, 0.2) is 0 Å². The Labute approximate surface area is 166 Å². The molecule has 0 radical (unpaired) electrons. The van der Waals surface area contributed by atoms with Crippen LogP contribution in [0.3, 0.4) is 0 Å². The Morgan fingerprint density at radius 3 is 1.43 bits per heavy atom. The topological polar surface area (TPSA) is 68.4 Å². The normalized spacial score (nSPS) is 10.9. The molecule has 0 amide bonds. The van der Waals surface area contributed by atoms with E-state index in [1.54, 1.807) is 13.8 Å². The van der Waals surface area contributed by atoms with E-state index in [4.69, 9.17) is 9.47 Å². The first-order valence-corrected chi connectivity index (χ1v) is 9.74. The highest BCUT2D eigenvalue weighted by molar-refractivity contribution is 9.15.